The lowest BCUT2D eigenvalue weighted by Crippen LogP contribution is -2.27. The third-order valence-corrected chi connectivity index (χ3v) is 2.24. The summed E-state index contributed by atoms with van der Waals surface area (Å²) in [6, 6.07) is 4.66. The molecule has 4 nitrogen and oxygen atoms in total. The van der Waals surface area contributed by atoms with Crippen molar-refractivity contribution in [2.45, 2.75) is 26.8 Å². The summed E-state index contributed by atoms with van der Waals surface area (Å²) in [5.41, 5.74) is 6.09. The molecule has 1 rings (SSSR count). The predicted octanol–water partition coefficient (Wildman–Crippen LogP) is 2.44. The van der Waals surface area contributed by atoms with E-state index >= 15 is 0 Å². The Morgan fingerprint density at radius 2 is 1.89 bits per heavy atom. The first-order chi connectivity index (χ1) is 8.10. The number of hydrogen-bond acceptors (Lipinski definition) is 4. The van der Waals surface area contributed by atoms with Gasteiger partial charge in [-0.2, -0.15) is 0 Å². The van der Waals surface area contributed by atoms with E-state index in [9.17, 15) is 4.79 Å². The zero-order chi connectivity index (χ0) is 12.8. The maximum atomic E-state index is 11.9. The zero-order valence-corrected chi connectivity index (χ0v) is 11.8. The first-order valence-electron chi connectivity index (χ1n) is 5.79. The van der Waals surface area contributed by atoms with Crippen molar-refractivity contribution in [1.82, 2.24) is 0 Å². The molecule has 0 fully saturated rings. The lowest BCUT2D eigenvalue weighted by atomic mass is 10.0. The van der Waals surface area contributed by atoms with Crippen molar-refractivity contribution in [1.29, 1.82) is 0 Å². The van der Waals surface area contributed by atoms with Gasteiger partial charge in [0.25, 0.3) is 0 Å². The number of Topliss-reactive ketones (excluding diaryl/α,β-unsaturated/α-hetero) is 1. The molecule has 0 saturated carbocycles. The highest BCUT2D eigenvalue weighted by atomic mass is 35.5. The monoisotopic (exact) mass is 273 g/mol. The number of benzene rings is 1. The normalized spacial score (nSPS) is 11.3. The first-order valence-corrected chi connectivity index (χ1v) is 5.79. The van der Waals surface area contributed by atoms with Gasteiger partial charge >= 0.3 is 0 Å². The fourth-order valence-corrected chi connectivity index (χ4v) is 1.48. The van der Waals surface area contributed by atoms with E-state index in [2.05, 4.69) is 0 Å². The van der Waals surface area contributed by atoms with Gasteiger partial charge in [0.1, 0.15) is 11.5 Å². The number of rotatable bonds is 6. The maximum absolute atomic E-state index is 11.9. The van der Waals surface area contributed by atoms with Crippen molar-refractivity contribution < 1.29 is 14.3 Å². The van der Waals surface area contributed by atoms with E-state index in [0.717, 1.165) is 0 Å². The summed E-state index contributed by atoms with van der Waals surface area (Å²) in [4.78, 5) is 11.9. The average molecular weight is 274 g/mol. The molecular weight excluding hydrogens is 254 g/mol. The van der Waals surface area contributed by atoms with Crippen LogP contribution in [0.15, 0.2) is 18.2 Å². The number of carbonyl (C=O) groups is 1. The smallest absolute Gasteiger partial charge is 0.183 e. The molecule has 1 aromatic carbocycles. The molecule has 0 amide bonds. The van der Waals surface area contributed by atoms with Crippen LogP contribution in [-0.2, 0) is 0 Å². The average Bonchev–Trinajstić information content (AvgIpc) is 2.30. The van der Waals surface area contributed by atoms with E-state index in [4.69, 9.17) is 15.2 Å². The molecule has 0 aliphatic rings. The molecule has 0 aliphatic heterocycles. The second-order valence-electron chi connectivity index (χ2n) is 3.68. The quantitative estimate of drug-likeness (QED) is 0.809. The van der Waals surface area contributed by atoms with Gasteiger partial charge in [0.05, 0.1) is 24.8 Å². The van der Waals surface area contributed by atoms with Crippen molar-refractivity contribution in [2.24, 2.45) is 5.73 Å². The SMILES string of the molecule is CCOc1ccc(OCC)c(C(=O)C(C)N)c1.Cl. The fraction of sp³-hybridized carbons (Fsp3) is 0.462. The second kappa shape index (κ2) is 7.95. The molecule has 0 radical (unpaired) electrons. The minimum Gasteiger partial charge on any atom is -0.494 e. The van der Waals surface area contributed by atoms with Crippen LogP contribution in [0.3, 0.4) is 0 Å². The van der Waals surface area contributed by atoms with Gasteiger partial charge in [0.15, 0.2) is 5.78 Å². The van der Waals surface area contributed by atoms with Crippen molar-refractivity contribution in [3.63, 3.8) is 0 Å². The number of hydrogen-bond donors (Lipinski definition) is 1. The first kappa shape index (κ1) is 16.7. The molecule has 1 unspecified atom stereocenters. The molecule has 102 valence electrons. The largest absolute Gasteiger partial charge is 0.494 e. The summed E-state index contributed by atoms with van der Waals surface area (Å²) in [7, 11) is 0. The topological polar surface area (TPSA) is 61.5 Å². The number of ketones is 1. The van der Waals surface area contributed by atoms with Crippen LogP contribution in [-0.4, -0.2) is 25.0 Å². The van der Waals surface area contributed by atoms with E-state index in [1.165, 1.54) is 0 Å². The highest BCUT2D eigenvalue weighted by Crippen LogP contribution is 2.25. The van der Waals surface area contributed by atoms with Crippen molar-refractivity contribution >= 4 is 18.2 Å². The predicted molar refractivity (Wildman–Crippen MR) is 74.0 cm³/mol. The Kier molecular flexibility index (Phi) is 7.39. The molecule has 0 aliphatic carbocycles. The summed E-state index contributed by atoms with van der Waals surface area (Å²) >= 11 is 0. The summed E-state index contributed by atoms with van der Waals surface area (Å²) in [5, 5.41) is 0. The van der Waals surface area contributed by atoms with E-state index in [1.807, 2.05) is 13.8 Å². The summed E-state index contributed by atoms with van der Waals surface area (Å²) < 4.78 is 10.8. The third kappa shape index (κ3) is 4.20. The summed E-state index contributed by atoms with van der Waals surface area (Å²) in [6.45, 7) is 6.48. The van der Waals surface area contributed by atoms with E-state index in [0.29, 0.717) is 30.3 Å². The van der Waals surface area contributed by atoms with Crippen molar-refractivity contribution in [3.8, 4) is 11.5 Å². The minimum absolute atomic E-state index is 0. The van der Waals surface area contributed by atoms with E-state index < -0.39 is 6.04 Å². The van der Waals surface area contributed by atoms with Crippen LogP contribution >= 0.6 is 12.4 Å². The van der Waals surface area contributed by atoms with Crippen LogP contribution in [0.4, 0.5) is 0 Å². The van der Waals surface area contributed by atoms with Gasteiger partial charge in [-0.1, -0.05) is 0 Å². The van der Waals surface area contributed by atoms with Gasteiger partial charge < -0.3 is 15.2 Å². The lowest BCUT2D eigenvalue weighted by Gasteiger charge is -2.13. The van der Waals surface area contributed by atoms with Gasteiger partial charge in [0.2, 0.25) is 0 Å². The van der Waals surface area contributed by atoms with Crippen molar-refractivity contribution in [2.75, 3.05) is 13.2 Å². The van der Waals surface area contributed by atoms with Crippen molar-refractivity contribution in [3.05, 3.63) is 23.8 Å². The second-order valence-corrected chi connectivity index (χ2v) is 3.68. The standard InChI is InChI=1S/C13H19NO3.ClH/c1-4-16-10-6-7-12(17-5-2)11(8-10)13(15)9(3)14;/h6-9H,4-5,14H2,1-3H3;1H. The maximum Gasteiger partial charge on any atom is 0.183 e. The van der Waals surface area contributed by atoms with Gasteiger partial charge in [-0.15, -0.1) is 12.4 Å². The Bertz CT molecular complexity index is 394. The van der Waals surface area contributed by atoms with Crippen LogP contribution in [0, 0.1) is 0 Å². The molecule has 0 saturated heterocycles. The Labute approximate surface area is 114 Å². The van der Waals surface area contributed by atoms with Crippen LogP contribution in [0.5, 0.6) is 11.5 Å². The highest BCUT2D eigenvalue weighted by Gasteiger charge is 2.17. The molecule has 1 aromatic rings. The highest BCUT2D eigenvalue weighted by molar-refractivity contribution is 6.02. The Morgan fingerprint density at radius 1 is 1.28 bits per heavy atom. The number of ether oxygens (including phenoxy) is 2. The molecule has 5 heteroatoms. The summed E-state index contributed by atoms with van der Waals surface area (Å²) in [5.74, 6) is 1.06. The Hall–Kier alpha value is -1.26. The van der Waals surface area contributed by atoms with E-state index in [-0.39, 0.29) is 18.2 Å². The molecule has 18 heavy (non-hydrogen) atoms. The molecule has 0 heterocycles. The Balaban J connectivity index is 0.00000289. The van der Waals surface area contributed by atoms with Gasteiger partial charge in [-0.25, -0.2) is 0 Å². The number of carbonyl (C=O) groups excluding carboxylic acids is 1. The molecular formula is C13H20ClNO3. The molecule has 2 N–H and O–H groups in total. The van der Waals surface area contributed by atoms with Gasteiger partial charge in [-0.3, -0.25) is 4.79 Å². The van der Waals surface area contributed by atoms with Crippen LogP contribution in [0.2, 0.25) is 0 Å². The van der Waals surface area contributed by atoms with Crippen LogP contribution < -0.4 is 15.2 Å². The van der Waals surface area contributed by atoms with Crippen LogP contribution in [0.25, 0.3) is 0 Å². The third-order valence-electron chi connectivity index (χ3n) is 2.24. The zero-order valence-electron chi connectivity index (χ0n) is 10.9. The number of nitrogens with two attached hydrogens (primary N) is 1. The molecule has 1 atom stereocenters. The number of halogens is 1. The molecule has 0 aromatic heterocycles. The minimum atomic E-state index is -0.550. The van der Waals surface area contributed by atoms with Gasteiger partial charge in [0, 0.05) is 0 Å². The Morgan fingerprint density at radius 3 is 2.39 bits per heavy atom. The summed E-state index contributed by atoms with van der Waals surface area (Å²) in [6.07, 6.45) is 0. The van der Waals surface area contributed by atoms with E-state index in [1.54, 1.807) is 25.1 Å². The molecule has 0 spiro atoms. The molecule has 0 bridgehead atoms. The van der Waals surface area contributed by atoms with Gasteiger partial charge in [-0.05, 0) is 39.0 Å². The van der Waals surface area contributed by atoms with Crippen LogP contribution in [0.1, 0.15) is 31.1 Å². The fourth-order valence-electron chi connectivity index (χ4n) is 1.48. The lowest BCUT2D eigenvalue weighted by molar-refractivity contribution is 0.0963.